The number of carbonyl (C=O) groups excluding carboxylic acids is 1. The first-order valence-corrected chi connectivity index (χ1v) is 8.90. The Morgan fingerprint density at radius 2 is 2.07 bits per heavy atom. The summed E-state index contributed by atoms with van der Waals surface area (Å²) in [6.07, 6.45) is 3.13. The van der Waals surface area contributed by atoms with Crippen LogP contribution < -0.4 is 10.1 Å². The van der Waals surface area contributed by atoms with E-state index in [0.717, 1.165) is 12.8 Å². The predicted molar refractivity (Wildman–Crippen MR) is 101 cm³/mol. The van der Waals surface area contributed by atoms with Crippen molar-refractivity contribution in [2.24, 2.45) is 0 Å². The van der Waals surface area contributed by atoms with Crippen LogP contribution in [0.15, 0.2) is 42.6 Å². The van der Waals surface area contributed by atoms with Gasteiger partial charge in [-0.05, 0) is 63.1 Å². The molecule has 7 heteroatoms. The molecule has 1 aromatic carbocycles. The van der Waals surface area contributed by atoms with Gasteiger partial charge in [-0.15, -0.1) is 0 Å². The number of carbonyl (C=O) groups is 1. The van der Waals surface area contributed by atoms with Crippen LogP contribution in [0.25, 0.3) is 0 Å². The number of nitrogens with one attached hydrogen (secondary N) is 1. The van der Waals surface area contributed by atoms with Gasteiger partial charge in [-0.3, -0.25) is 0 Å². The molecule has 144 valence electrons. The lowest BCUT2D eigenvalue weighted by Crippen LogP contribution is -2.48. The van der Waals surface area contributed by atoms with Crippen molar-refractivity contribution in [3.63, 3.8) is 0 Å². The van der Waals surface area contributed by atoms with E-state index in [1.165, 1.54) is 24.3 Å². The third-order valence-corrected chi connectivity index (χ3v) is 4.58. The van der Waals surface area contributed by atoms with Crippen LogP contribution in [0.2, 0.25) is 0 Å². The minimum absolute atomic E-state index is 0.0897. The lowest BCUT2D eigenvalue weighted by atomic mass is 9.93. The molecule has 1 fully saturated rings. The summed E-state index contributed by atoms with van der Waals surface area (Å²) in [7, 11) is 1.78. The third-order valence-electron chi connectivity index (χ3n) is 4.58. The van der Waals surface area contributed by atoms with Crippen molar-refractivity contribution in [3.8, 4) is 11.6 Å². The normalized spacial score (nSPS) is 18.6. The smallest absolute Gasteiger partial charge is 0.321 e. The van der Waals surface area contributed by atoms with E-state index in [1.54, 1.807) is 30.3 Å². The lowest BCUT2D eigenvalue weighted by Gasteiger charge is -2.39. The number of urea groups is 1. The molecule has 0 spiro atoms. The van der Waals surface area contributed by atoms with Gasteiger partial charge in [-0.25, -0.2) is 14.2 Å². The Bertz CT molecular complexity index is 795. The number of rotatable bonds is 4. The van der Waals surface area contributed by atoms with Gasteiger partial charge in [0.05, 0.1) is 5.60 Å². The molecule has 2 heterocycles. The SMILES string of the molecule is CN(C(=O)Nc1cccnc1Oc1ccc(F)cc1)[C@H]1CCOC(C)(C)C1. The van der Waals surface area contributed by atoms with Gasteiger partial charge in [0, 0.05) is 25.9 Å². The zero-order chi connectivity index (χ0) is 19.4. The van der Waals surface area contributed by atoms with E-state index in [1.807, 2.05) is 13.8 Å². The summed E-state index contributed by atoms with van der Waals surface area (Å²) >= 11 is 0. The van der Waals surface area contributed by atoms with Crippen molar-refractivity contribution >= 4 is 11.7 Å². The number of anilines is 1. The first-order chi connectivity index (χ1) is 12.8. The van der Waals surface area contributed by atoms with Crippen LogP contribution in [0.4, 0.5) is 14.9 Å². The fourth-order valence-electron chi connectivity index (χ4n) is 3.08. The Balaban J connectivity index is 1.69. The van der Waals surface area contributed by atoms with E-state index in [2.05, 4.69) is 10.3 Å². The number of benzene rings is 1. The van der Waals surface area contributed by atoms with Gasteiger partial charge in [-0.1, -0.05) is 0 Å². The molecular weight excluding hydrogens is 349 g/mol. The highest BCUT2D eigenvalue weighted by Crippen LogP contribution is 2.29. The molecule has 27 heavy (non-hydrogen) atoms. The van der Waals surface area contributed by atoms with Crippen molar-refractivity contribution in [2.45, 2.75) is 38.3 Å². The molecule has 1 N–H and O–H groups in total. The summed E-state index contributed by atoms with van der Waals surface area (Å²) in [5.74, 6) is 0.334. The van der Waals surface area contributed by atoms with Crippen LogP contribution in [0.5, 0.6) is 11.6 Å². The van der Waals surface area contributed by atoms with Gasteiger partial charge in [0.15, 0.2) is 0 Å². The Hall–Kier alpha value is -2.67. The van der Waals surface area contributed by atoms with Gasteiger partial charge in [0.25, 0.3) is 0 Å². The molecule has 1 aliphatic heterocycles. The van der Waals surface area contributed by atoms with Gasteiger partial charge >= 0.3 is 6.03 Å². The maximum absolute atomic E-state index is 13.1. The van der Waals surface area contributed by atoms with Gasteiger partial charge in [-0.2, -0.15) is 0 Å². The number of halogens is 1. The molecule has 2 amide bonds. The topological polar surface area (TPSA) is 63.7 Å². The molecule has 0 aliphatic carbocycles. The van der Waals surface area contributed by atoms with Crippen LogP contribution in [0, 0.1) is 5.82 Å². The van der Waals surface area contributed by atoms with E-state index in [-0.39, 0.29) is 29.4 Å². The standard InChI is InChI=1S/C20H24FN3O3/c1-20(2)13-15(10-12-26-20)24(3)19(25)23-17-5-4-11-22-18(17)27-16-8-6-14(21)7-9-16/h4-9,11,15H,10,12-13H2,1-3H3,(H,23,25)/t15-/m0/s1. The fraction of sp³-hybridized carbons (Fsp3) is 0.400. The van der Waals surface area contributed by atoms with E-state index >= 15 is 0 Å². The van der Waals surface area contributed by atoms with Crippen LogP contribution in [-0.2, 0) is 4.74 Å². The second-order valence-corrected chi connectivity index (χ2v) is 7.21. The van der Waals surface area contributed by atoms with Crippen molar-refractivity contribution < 1.29 is 18.7 Å². The van der Waals surface area contributed by atoms with Crippen LogP contribution in [0.3, 0.4) is 0 Å². The number of hydrogen-bond donors (Lipinski definition) is 1. The molecule has 3 rings (SSSR count). The quantitative estimate of drug-likeness (QED) is 0.861. The zero-order valence-corrected chi connectivity index (χ0v) is 15.7. The Morgan fingerprint density at radius 1 is 1.33 bits per heavy atom. The Morgan fingerprint density at radius 3 is 2.78 bits per heavy atom. The van der Waals surface area contributed by atoms with Crippen LogP contribution >= 0.6 is 0 Å². The molecule has 1 atom stereocenters. The van der Waals surface area contributed by atoms with Gasteiger partial charge in [0.2, 0.25) is 5.88 Å². The summed E-state index contributed by atoms with van der Waals surface area (Å²) < 4.78 is 24.5. The zero-order valence-electron chi connectivity index (χ0n) is 15.7. The summed E-state index contributed by atoms with van der Waals surface area (Å²) in [5, 5.41) is 2.85. The van der Waals surface area contributed by atoms with Crippen molar-refractivity contribution in [1.29, 1.82) is 0 Å². The average molecular weight is 373 g/mol. The number of nitrogens with zero attached hydrogens (tertiary/aromatic N) is 2. The minimum Gasteiger partial charge on any atom is -0.437 e. The number of ether oxygens (including phenoxy) is 2. The van der Waals surface area contributed by atoms with E-state index in [4.69, 9.17) is 9.47 Å². The van der Waals surface area contributed by atoms with Crippen molar-refractivity contribution in [3.05, 3.63) is 48.4 Å². The van der Waals surface area contributed by atoms with Crippen LogP contribution in [0.1, 0.15) is 26.7 Å². The highest BCUT2D eigenvalue weighted by molar-refractivity contribution is 5.90. The number of pyridine rings is 1. The lowest BCUT2D eigenvalue weighted by molar-refractivity contribution is -0.0739. The molecule has 0 saturated carbocycles. The van der Waals surface area contributed by atoms with E-state index < -0.39 is 0 Å². The summed E-state index contributed by atoms with van der Waals surface area (Å²) in [5.41, 5.74) is 0.202. The van der Waals surface area contributed by atoms with E-state index in [9.17, 15) is 9.18 Å². The van der Waals surface area contributed by atoms with Crippen molar-refractivity contribution in [2.75, 3.05) is 19.0 Å². The molecule has 0 unspecified atom stereocenters. The summed E-state index contributed by atoms with van der Waals surface area (Å²) in [4.78, 5) is 18.6. The predicted octanol–water partition coefficient (Wildman–Crippen LogP) is 4.43. The summed E-state index contributed by atoms with van der Waals surface area (Å²) in [6.45, 7) is 4.68. The Kier molecular flexibility index (Phi) is 5.60. The number of hydrogen-bond acceptors (Lipinski definition) is 4. The molecule has 1 aromatic heterocycles. The monoisotopic (exact) mass is 373 g/mol. The third kappa shape index (κ3) is 4.95. The molecule has 6 nitrogen and oxygen atoms in total. The first-order valence-electron chi connectivity index (χ1n) is 8.90. The molecule has 0 radical (unpaired) electrons. The number of aromatic nitrogens is 1. The molecule has 2 aromatic rings. The summed E-state index contributed by atoms with van der Waals surface area (Å²) in [6, 6.07) is 8.89. The van der Waals surface area contributed by atoms with Gasteiger partial charge in [0.1, 0.15) is 17.3 Å². The second-order valence-electron chi connectivity index (χ2n) is 7.21. The minimum atomic E-state index is -0.349. The molecule has 0 bridgehead atoms. The van der Waals surface area contributed by atoms with Gasteiger partial charge < -0.3 is 19.7 Å². The highest BCUT2D eigenvalue weighted by atomic mass is 19.1. The second kappa shape index (κ2) is 7.92. The maximum Gasteiger partial charge on any atom is 0.321 e. The fourth-order valence-corrected chi connectivity index (χ4v) is 3.08. The van der Waals surface area contributed by atoms with Crippen molar-refractivity contribution in [1.82, 2.24) is 9.88 Å². The highest BCUT2D eigenvalue weighted by Gasteiger charge is 2.33. The maximum atomic E-state index is 13.1. The molecule has 1 aliphatic rings. The average Bonchev–Trinajstić information content (AvgIpc) is 2.63. The number of amides is 2. The Labute approximate surface area is 158 Å². The van der Waals surface area contributed by atoms with E-state index in [0.29, 0.717) is 18.0 Å². The molecular formula is C20H24FN3O3. The first kappa shape index (κ1) is 19.1. The van der Waals surface area contributed by atoms with Crippen LogP contribution in [-0.4, -0.2) is 41.2 Å². The largest absolute Gasteiger partial charge is 0.437 e. The molecule has 1 saturated heterocycles.